The number of amides is 1. The number of nitrogens with one attached hydrogen (secondary N) is 1. The van der Waals surface area contributed by atoms with Gasteiger partial charge in [0.1, 0.15) is 11.4 Å². The van der Waals surface area contributed by atoms with Crippen LogP contribution < -0.4 is 10.1 Å². The number of methoxy groups -OCH3 is 1. The van der Waals surface area contributed by atoms with Crippen LogP contribution in [0.3, 0.4) is 0 Å². The summed E-state index contributed by atoms with van der Waals surface area (Å²) in [5.74, 6) is -0.776. The van der Waals surface area contributed by atoms with Crippen molar-refractivity contribution in [2.75, 3.05) is 12.4 Å². The average molecular weight is 411 g/mol. The summed E-state index contributed by atoms with van der Waals surface area (Å²) < 4.78 is 10.8. The molecule has 0 aliphatic carbocycles. The molecule has 0 aliphatic rings. The number of esters is 1. The summed E-state index contributed by atoms with van der Waals surface area (Å²) in [6.07, 6.45) is 0.211. The lowest BCUT2D eigenvalue weighted by Gasteiger charge is -2.19. The second-order valence-electron chi connectivity index (χ2n) is 6.25. The van der Waals surface area contributed by atoms with E-state index in [1.807, 2.05) is 19.1 Å². The molecule has 0 saturated heterocycles. The monoisotopic (exact) mass is 410 g/mol. The van der Waals surface area contributed by atoms with Crippen LogP contribution in [0.4, 0.5) is 5.69 Å². The predicted molar refractivity (Wildman–Crippen MR) is 110 cm³/mol. The van der Waals surface area contributed by atoms with Crippen molar-refractivity contribution in [1.29, 1.82) is 0 Å². The van der Waals surface area contributed by atoms with E-state index in [1.54, 1.807) is 42.5 Å². The summed E-state index contributed by atoms with van der Waals surface area (Å²) >= 11 is 5.92. The molecular weight excluding hydrogens is 392 g/mol. The maximum atomic E-state index is 13.0. The van der Waals surface area contributed by atoms with Crippen molar-refractivity contribution in [3.63, 3.8) is 0 Å². The molecule has 6 nitrogen and oxygen atoms in total. The Bertz CT molecular complexity index is 1020. The van der Waals surface area contributed by atoms with Crippen molar-refractivity contribution < 1.29 is 19.1 Å². The molecule has 1 amide bonds. The van der Waals surface area contributed by atoms with Gasteiger partial charge in [0.2, 0.25) is 6.10 Å². The standard InChI is InChI=1S/C22H19ClN2O4/c1-14-8-9-19(28-2)17(12-14)25-21(26)20(15-6-4-3-5-7-15)29-22(27)18-13-16(23)10-11-24-18/h3-13,20H,1-2H3,(H,25,26)/t20-/m0/s1. The van der Waals surface area contributed by atoms with Crippen LogP contribution in [0.15, 0.2) is 66.9 Å². The zero-order chi connectivity index (χ0) is 20.8. The smallest absolute Gasteiger partial charge is 0.358 e. The molecule has 0 radical (unpaired) electrons. The van der Waals surface area contributed by atoms with Crippen molar-refractivity contribution in [1.82, 2.24) is 4.98 Å². The first kappa shape index (κ1) is 20.4. The number of benzene rings is 2. The molecule has 7 heteroatoms. The molecule has 1 aromatic heterocycles. The number of rotatable bonds is 6. The second kappa shape index (κ2) is 9.21. The van der Waals surface area contributed by atoms with E-state index in [4.69, 9.17) is 21.1 Å². The molecule has 3 aromatic rings. The fourth-order valence-corrected chi connectivity index (χ4v) is 2.86. The topological polar surface area (TPSA) is 77.5 Å². The van der Waals surface area contributed by atoms with E-state index < -0.39 is 18.0 Å². The Kier molecular flexibility index (Phi) is 6.46. The van der Waals surface area contributed by atoms with Crippen molar-refractivity contribution in [3.05, 3.63) is 88.7 Å². The summed E-state index contributed by atoms with van der Waals surface area (Å²) in [5.41, 5.74) is 1.96. The van der Waals surface area contributed by atoms with Crippen LogP contribution in [0.2, 0.25) is 5.02 Å². The lowest BCUT2D eigenvalue weighted by atomic mass is 10.1. The van der Waals surface area contributed by atoms with Crippen molar-refractivity contribution in [3.8, 4) is 5.75 Å². The second-order valence-corrected chi connectivity index (χ2v) is 6.68. The molecular formula is C22H19ClN2O4. The Morgan fingerprint density at radius 1 is 1.07 bits per heavy atom. The fraction of sp³-hybridized carbons (Fsp3) is 0.136. The number of carbonyl (C=O) groups is 2. The number of nitrogens with zero attached hydrogens (tertiary/aromatic N) is 1. The highest BCUT2D eigenvalue weighted by atomic mass is 35.5. The molecule has 148 valence electrons. The Morgan fingerprint density at radius 3 is 2.52 bits per heavy atom. The molecule has 3 rings (SSSR count). The van der Waals surface area contributed by atoms with E-state index in [9.17, 15) is 9.59 Å². The molecule has 1 atom stereocenters. The Hall–Kier alpha value is -3.38. The summed E-state index contributed by atoms with van der Waals surface area (Å²) in [6, 6.07) is 17.1. The van der Waals surface area contributed by atoms with Gasteiger partial charge in [0.15, 0.2) is 0 Å². The minimum atomic E-state index is -1.19. The molecule has 0 spiro atoms. The zero-order valence-electron chi connectivity index (χ0n) is 15.9. The van der Waals surface area contributed by atoms with Crippen molar-refractivity contribution >= 4 is 29.2 Å². The molecule has 0 bridgehead atoms. The molecule has 1 heterocycles. The van der Waals surface area contributed by atoms with Crippen LogP contribution in [0.1, 0.15) is 27.7 Å². The van der Waals surface area contributed by atoms with E-state index in [0.717, 1.165) is 5.56 Å². The molecule has 2 aromatic carbocycles. The summed E-state index contributed by atoms with van der Waals surface area (Å²) in [5, 5.41) is 3.13. The van der Waals surface area contributed by atoms with Crippen molar-refractivity contribution in [2.24, 2.45) is 0 Å². The predicted octanol–water partition coefficient (Wildman–Crippen LogP) is 4.59. The highest BCUT2D eigenvalue weighted by molar-refractivity contribution is 6.30. The van der Waals surface area contributed by atoms with Crippen LogP contribution in [0, 0.1) is 6.92 Å². The van der Waals surface area contributed by atoms with Gasteiger partial charge >= 0.3 is 5.97 Å². The first-order chi connectivity index (χ1) is 14.0. The minimum Gasteiger partial charge on any atom is -0.495 e. The molecule has 0 saturated carbocycles. The third-order valence-electron chi connectivity index (χ3n) is 4.11. The third-order valence-corrected chi connectivity index (χ3v) is 4.34. The van der Waals surface area contributed by atoms with Gasteiger partial charge in [0.05, 0.1) is 12.8 Å². The van der Waals surface area contributed by atoms with Gasteiger partial charge in [0.25, 0.3) is 5.91 Å². The third kappa shape index (κ3) is 5.12. The van der Waals surface area contributed by atoms with Gasteiger partial charge < -0.3 is 14.8 Å². The van der Waals surface area contributed by atoms with Gasteiger partial charge in [-0.1, -0.05) is 48.0 Å². The first-order valence-electron chi connectivity index (χ1n) is 8.81. The Labute approximate surface area is 173 Å². The number of carbonyl (C=O) groups excluding carboxylic acids is 2. The Balaban J connectivity index is 1.89. The first-order valence-corrected chi connectivity index (χ1v) is 9.18. The van der Waals surface area contributed by atoms with E-state index in [1.165, 1.54) is 19.4 Å². The zero-order valence-corrected chi connectivity index (χ0v) is 16.6. The maximum absolute atomic E-state index is 13.0. The van der Waals surface area contributed by atoms with E-state index in [2.05, 4.69) is 10.3 Å². The van der Waals surface area contributed by atoms with Gasteiger partial charge in [-0.3, -0.25) is 4.79 Å². The number of pyridine rings is 1. The minimum absolute atomic E-state index is 0.0133. The van der Waals surface area contributed by atoms with Gasteiger partial charge in [-0.15, -0.1) is 0 Å². The van der Waals surface area contributed by atoms with Crippen LogP contribution >= 0.6 is 11.6 Å². The molecule has 29 heavy (non-hydrogen) atoms. The number of halogens is 1. The van der Waals surface area contributed by atoms with Crippen LogP contribution in [-0.4, -0.2) is 24.0 Å². The van der Waals surface area contributed by atoms with E-state index in [0.29, 0.717) is 22.0 Å². The van der Waals surface area contributed by atoms with E-state index in [-0.39, 0.29) is 5.69 Å². The number of aromatic nitrogens is 1. The van der Waals surface area contributed by atoms with Gasteiger partial charge in [-0.25, -0.2) is 9.78 Å². The molecule has 0 fully saturated rings. The quantitative estimate of drug-likeness (QED) is 0.601. The average Bonchev–Trinajstić information content (AvgIpc) is 2.72. The Morgan fingerprint density at radius 2 is 1.83 bits per heavy atom. The number of anilines is 1. The van der Waals surface area contributed by atoms with Crippen molar-refractivity contribution in [2.45, 2.75) is 13.0 Å². The molecule has 1 N–H and O–H groups in total. The SMILES string of the molecule is COc1ccc(C)cc1NC(=O)[C@@H](OC(=O)c1cc(Cl)ccn1)c1ccccc1. The number of ether oxygens (including phenoxy) is 2. The number of hydrogen-bond acceptors (Lipinski definition) is 5. The van der Waals surface area contributed by atoms with Crippen LogP contribution in [0.25, 0.3) is 0 Å². The lowest BCUT2D eigenvalue weighted by molar-refractivity contribution is -0.125. The fourth-order valence-electron chi connectivity index (χ4n) is 2.70. The van der Waals surface area contributed by atoms with Gasteiger partial charge in [-0.05, 0) is 36.8 Å². The van der Waals surface area contributed by atoms with Gasteiger partial charge in [0, 0.05) is 16.8 Å². The maximum Gasteiger partial charge on any atom is 0.358 e. The summed E-state index contributed by atoms with van der Waals surface area (Å²) in [7, 11) is 1.51. The number of aryl methyl sites for hydroxylation is 1. The van der Waals surface area contributed by atoms with Gasteiger partial charge in [-0.2, -0.15) is 0 Å². The van der Waals surface area contributed by atoms with E-state index >= 15 is 0 Å². The largest absolute Gasteiger partial charge is 0.495 e. The normalized spacial score (nSPS) is 11.4. The summed E-state index contributed by atoms with van der Waals surface area (Å²) in [6.45, 7) is 1.90. The molecule has 0 unspecified atom stereocenters. The van der Waals surface area contributed by atoms with Crippen LogP contribution in [0.5, 0.6) is 5.75 Å². The molecule has 0 aliphatic heterocycles. The highest BCUT2D eigenvalue weighted by Crippen LogP contribution is 2.28. The number of hydrogen-bond donors (Lipinski definition) is 1. The van der Waals surface area contributed by atoms with Crippen LogP contribution in [-0.2, 0) is 9.53 Å². The highest BCUT2D eigenvalue weighted by Gasteiger charge is 2.27. The summed E-state index contributed by atoms with van der Waals surface area (Å²) in [4.78, 5) is 29.6. The lowest BCUT2D eigenvalue weighted by Crippen LogP contribution is -2.26.